The second-order valence-corrected chi connectivity index (χ2v) is 4.07. The molecular formula is C16H12N2. The molecule has 0 spiro atoms. The minimum Gasteiger partial charge on any atom is -0.277 e. The van der Waals surface area contributed by atoms with Gasteiger partial charge in [-0.2, -0.15) is 5.10 Å². The first-order valence-corrected chi connectivity index (χ1v) is 5.85. The summed E-state index contributed by atoms with van der Waals surface area (Å²) >= 11 is 0. The number of nitrogens with zero attached hydrogens (tertiary/aromatic N) is 1. The first-order chi connectivity index (χ1) is 8.88. The van der Waals surface area contributed by atoms with E-state index in [0.717, 1.165) is 27.7 Å². The first kappa shape index (κ1) is 10.6. The maximum atomic E-state index is 4.38. The quantitative estimate of drug-likeness (QED) is 0.638. The van der Waals surface area contributed by atoms with E-state index in [9.17, 15) is 0 Å². The van der Waals surface area contributed by atoms with Gasteiger partial charge in [-0.15, -0.1) is 5.92 Å². The molecule has 0 unspecified atom stereocenters. The SMILES string of the molecule is CC#Cc1ccc(-c2n[nH]c3ccccc23)cc1. The van der Waals surface area contributed by atoms with Gasteiger partial charge >= 0.3 is 0 Å². The lowest BCUT2D eigenvalue weighted by atomic mass is 10.1. The van der Waals surface area contributed by atoms with Gasteiger partial charge in [-0.3, -0.25) is 5.10 Å². The molecule has 2 nitrogen and oxygen atoms in total. The van der Waals surface area contributed by atoms with Gasteiger partial charge in [-0.25, -0.2) is 0 Å². The Morgan fingerprint density at radius 1 is 1.00 bits per heavy atom. The first-order valence-electron chi connectivity index (χ1n) is 5.85. The summed E-state index contributed by atoms with van der Waals surface area (Å²) in [5.41, 5.74) is 4.18. The standard InChI is InChI=1S/C16H12N2/c1-2-5-12-8-10-13(11-9-12)16-14-6-3-4-7-15(14)17-18-16/h3-4,6-11H,1H3,(H,17,18). The number of fused-ring (bicyclic) bond motifs is 1. The van der Waals surface area contributed by atoms with Crippen LogP contribution in [0.4, 0.5) is 0 Å². The highest BCUT2D eigenvalue weighted by atomic mass is 15.1. The zero-order valence-corrected chi connectivity index (χ0v) is 10.1. The Hall–Kier alpha value is -2.53. The molecule has 1 N–H and O–H groups in total. The summed E-state index contributed by atoms with van der Waals surface area (Å²) in [5.74, 6) is 5.94. The maximum Gasteiger partial charge on any atom is 0.0999 e. The molecule has 0 saturated heterocycles. The molecule has 1 aromatic heterocycles. The highest BCUT2D eigenvalue weighted by Crippen LogP contribution is 2.25. The van der Waals surface area contributed by atoms with E-state index in [1.807, 2.05) is 37.3 Å². The van der Waals surface area contributed by atoms with E-state index in [1.165, 1.54) is 0 Å². The average molecular weight is 232 g/mol. The molecule has 1 heterocycles. The van der Waals surface area contributed by atoms with Gasteiger partial charge in [-0.1, -0.05) is 36.3 Å². The molecule has 0 saturated carbocycles. The molecule has 0 aliphatic carbocycles. The van der Waals surface area contributed by atoms with Crippen LogP contribution in [0.5, 0.6) is 0 Å². The van der Waals surface area contributed by atoms with Crippen molar-refractivity contribution < 1.29 is 0 Å². The number of para-hydroxylation sites is 1. The molecule has 3 rings (SSSR count). The average Bonchev–Trinajstić information content (AvgIpc) is 2.84. The van der Waals surface area contributed by atoms with E-state index in [4.69, 9.17) is 0 Å². The number of aromatic nitrogens is 2. The predicted octanol–water partition coefficient (Wildman–Crippen LogP) is 3.60. The zero-order chi connectivity index (χ0) is 12.4. The molecule has 18 heavy (non-hydrogen) atoms. The highest BCUT2D eigenvalue weighted by molar-refractivity contribution is 5.92. The monoisotopic (exact) mass is 232 g/mol. The van der Waals surface area contributed by atoms with Crippen LogP contribution < -0.4 is 0 Å². The third-order valence-electron chi connectivity index (χ3n) is 2.90. The minimum absolute atomic E-state index is 0.988. The number of hydrogen-bond donors (Lipinski definition) is 1. The van der Waals surface area contributed by atoms with Gasteiger partial charge < -0.3 is 0 Å². The van der Waals surface area contributed by atoms with Gasteiger partial charge in [-0.05, 0) is 25.1 Å². The van der Waals surface area contributed by atoms with Crippen LogP contribution in [0.1, 0.15) is 12.5 Å². The number of nitrogens with one attached hydrogen (secondary N) is 1. The largest absolute Gasteiger partial charge is 0.277 e. The molecule has 2 heteroatoms. The summed E-state index contributed by atoms with van der Waals surface area (Å²) < 4.78 is 0. The van der Waals surface area contributed by atoms with Crippen LogP contribution in [0.15, 0.2) is 48.5 Å². The van der Waals surface area contributed by atoms with Crippen LogP contribution >= 0.6 is 0 Å². The number of benzene rings is 2. The highest BCUT2D eigenvalue weighted by Gasteiger charge is 2.06. The van der Waals surface area contributed by atoms with Crippen molar-refractivity contribution in [3.05, 3.63) is 54.1 Å². The third kappa shape index (κ3) is 1.76. The Bertz CT molecular complexity index is 740. The maximum absolute atomic E-state index is 4.38. The summed E-state index contributed by atoms with van der Waals surface area (Å²) in [7, 11) is 0. The fourth-order valence-electron chi connectivity index (χ4n) is 2.04. The van der Waals surface area contributed by atoms with Gasteiger partial charge in [0.15, 0.2) is 0 Å². The lowest BCUT2D eigenvalue weighted by Crippen LogP contribution is -1.80. The van der Waals surface area contributed by atoms with Crippen LogP contribution in [0.3, 0.4) is 0 Å². The van der Waals surface area contributed by atoms with Crippen molar-refractivity contribution in [3.63, 3.8) is 0 Å². The van der Waals surface area contributed by atoms with Crippen LogP contribution in [0.25, 0.3) is 22.2 Å². The zero-order valence-electron chi connectivity index (χ0n) is 10.1. The van der Waals surface area contributed by atoms with Crippen LogP contribution in [-0.2, 0) is 0 Å². The van der Waals surface area contributed by atoms with E-state index >= 15 is 0 Å². The summed E-state index contributed by atoms with van der Waals surface area (Å²) in [6, 6.07) is 16.3. The van der Waals surface area contributed by atoms with Crippen LogP contribution in [0, 0.1) is 11.8 Å². The smallest absolute Gasteiger partial charge is 0.0999 e. The summed E-state index contributed by atoms with van der Waals surface area (Å²) in [6.07, 6.45) is 0. The Morgan fingerprint density at radius 3 is 2.56 bits per heavy atom. The van der Waals surface area contributed by atoms with E-state index in [-0.39, 0.29) is 0 Å². The molecule has 0 atom stereocenters. The molecule has 2 aromatic carbocycles. The summed E-state index contributed by atoms with van der Waals surface area (Å²) in [5, 5.41) is 8.57. The third-order valence-corrected chi connectivity index (χ3v) is 2.90. The van der Waals surface area contributed by atoms with Crippen molar-refractivity contribution >= 4 is 10.9 Å². The Kier molecular flexibility index (Phi) is 2.59. The molecule has 0 aliphatic rings. The molecule has 0 bridgehead atoms. The van der Waals surface area contributed by atoms with Gasteiger partial charge in [0.1, 0.15) is 0 Å². The van der Waals surface area contributed by atoms with Crippen molar-refractivity contribution in [1.82, 2.24) is 10.2 Å². The molecular weight excluding hydrogens is 220 g/mol. The van der Waals surface area contributed by atoms with Crippen molar-refractivity contribution in [2.75, 3.05) is 0 Å². The molecule has 0 aliphatic heterocycles. The van der Waals surface area contributed by atoms with E-state index in [1.54, 1.807) is 0 Å². The van der Waals surface area contributed by atoms with Gasteiger partial charge in [0.2, 0.25) is 0 Å². The second kappa shape index (κ2) is 4.38. The number of H-pyrrole nitrogens is 1. The van der Waals surface area contributed by atoms with Crippen molar-refractivity contribution in [2.45, 2.75) is 6.92 Å². The van der Waals surface area contributed by atoms with Gasteiger partial charge in [0, 0.05) is 16.5 Å². The fraction of sp³-hybridized carbons (Fsp3) is 0.0625. The van der Waals surface area contributed by atoms with Crippen LogP contribution in [-0.4, -0.2) is 10.2 Å². The lowest BCUT2D eigenvalue weighted by molar-refractivity contribution is 1.12. The second-order valence-electron chi connectivity index (χ2n) is 4.07. The van der Waals surface area contributed by atoms with Gasteiger partial charge in [0.05, 0.1) is 11.2 Å². The molecule has 0 amide bonds. The van der Waals surface area contributed by atoms with Gasteiger partial charge in [0.25, 0.3) is 0 Å². The van der Waals surface area contributed by atoms with E-state index in [0.29, 0.717) is 0 Å². The Balaban J connectivity index is 2.11. The molecule has 0 fully saturated rings. The van der Waals surface area contributed by atoms with Crippen molar-refractivity contribution in [2.24, 2.45) is 0 Å². The summed E-state index contributed by atoms with van der Waals surface area (Å²) in [4.78, 5) is 0. The van der Waals surface area contributed by atoms with Crippen molar-refractivity contribution in [3.8, 4) is 23.1 Å². The molecule has 86 valence electrons. The predicted molar refractivity (Wildman–Crippen MR) is 74.1 cm³/mol. The fourth-order valence-corrected chi connectivity index (χ4v) is 2.04. The Morgan fingerprint density at radius 2 is 1.78 bits per heavy atom. The molecule has 0 radical (unpaired) electrons. The minimum atomic E-state index is 0.988. The normalized spacial score (nSPS) is 10.1. The number of hydrogen-bond acceptors (Lipinski definition) is 1. The summed E-state index contributed by atoms with van der Waals surface area (Å²) in [6.45, 7) is 1.84. The topological polar surface area (TPSA) is 28.7 Å². The number of rotatable bonds is 1. The molecule has 3 aromatic rings. The Labute approximate surface area is 106 Å². The van der Waals surface area contributed by atoms with Crippen molar-refractivity contribution in [1.29, 1.82) is 0 Å². The van der Waals surface area contributed by atoms with E-state index in [2.05, 4.69) is 40.2 Å². The lowest BCUT2D eigenvalue weighted by Gasteiger charge is -1.98. The van der Waals surface area contributed by atoms with Crippen LogP contribution in [0.2, 0.25) is 0 Å². The number of aromatic amines is 1. The van der Waals surface area contributed by atoms with E-state index < -0.39 is 0 Å².